The number of hydrogen-bond acceptors (Lipinski definition) is 6. The van der Waals surface area contributed by atoms with Crippen LogP contribution in [0.3, 0.4) is 0 Å². The largest absolute Gasteiger partial charge is 0.328 e. The number of nitro groups is 1. The number of Topliss-reactive ketones (excluding diaryl/α,β-unsaturated/α-hetero) is 1. The van der Waals surface area contributed by atoms with Gasteiger partial charge in [-0.25, -0.2) is 4.99 Å². The van der Waals surface area contributed by atoms with Crippen LogP contribution in [-0.4, -0.2) is 34.1 Å². The van der Waals surface area contributed by atoms with Crippen LogP contribution in [0.4, 0.5) is 5.69 Å². The van der Waals surface area contributed by atoms with Crippen molar-refractivity contribution in [1.82, 2.24) is 4.90 Å². The first-order valence-electron chi connectivity index (χ1n) is 6.68. The highest BCUT2D eigenvalue weighted by atomic mass is 32.2. The van der Waals surface area contributed by atoms with Gasteiger partial charge >= 0.3 is 0 Å². The van der Waals surface area contributed by atoms with E-state index in [0.717, 1.165) is 10.9 Å². The summed E-state index contributed by atoms with van der Waals surface area (Å²) in [5.74, 6) is -0.0789. The lowest BCUT2D eigenvalue weighted by atomic mass is 9.93. The van der Waals surface area contributed by atoms with Crippen molar-refractivity contribution in [3.8, 4) is 0 Å². The minimum Gasteiger partial charge on any atom is -0.328 e. The topological polar surface area (TPSA) is 75.8 Å². The van der Waals surface area contributed by atoms with Crippen molar-refractivity contribution in [2.75, 3.05) is 13.3 Å². The van der Waals surface area contributed by atoms with E-state index in [9.17, 15) is 14.9 Å². The van der Waals surface area contributed by atoms with Crippen molar-refractivity contribution < 1.29 is 9.72 Å². The van der Waals surface area contributed by atoms with Gasteiger partial charge in [0, 0.05) is 30.5 Å². The van der Waals surface area contributed by atoms with Crippen LogP contribution in [0.5, 0.6) is 0 Å². The third kappa shape index (κ3) is 2.89. The van der Waals surface area contributed by atoms with Crippen molar-refractivity contribution in [2.45, 2.75) is 19.9 Å². The van der Waals surface area contributed by atoms with Crippen LogP contribution in [0.15, 0.2) is 40.5 Å². The maximum absolute atomic E-state index is 12.1. The fraction of sp³-hybridized carbons (Fsp3) is 0.333. The fourth-order valence-corrected chi connectivity index (χ4v) is 3.09. The normalized spacial score (nSPS) is 18.3. The molecule has 0 saturated heterocycles. The molecule has 0 bridgehead atoms. The van der Waals surface area contributed by atoms with Crippen LogP contribution < -0.4 is 0 Å². The smallest absolute Gasteiger partial charge is 0.269 e. The summed E-state index contributed by atoms with van der Waals surface area (Å²) in [6.07, 6.45) is 1.91. The summed E-state index contributed by atoms with van der Waals surface area (Å²) in [6, 6.07) is 5.79. The molecule has 6 nitrogen and oxygen atoms in total. The van der Waals surface area contributed by atoms with Crippen LogP contribution >= 0.6 is 11.8 Å². The Balaban J connectivity index is 2.59. The molecular weight excluding hydrogens is 302 g/mol. The van der Waals surface area contributed by atoms with E-state index in [0.29, 0.717) is 11.1 Å². The molecule has 0 unspecified atom stereocenters. The molecule has 0 fully saturated rings. The predicted octanol–water partition coefficient (Wildman–Crippen LogP) is 3.16. The lowest BCUT2D eigenvalue weighted by molar-refractivity contribution is -0.384. The molecule has 7 heteroatoms. The summed E-state index contributed by atoms with van der Waals surface area (Å²) < 4.78 is 0. The number of allylic oxidation sites excluding steroid dienone is 1. The van der Waals surface area contributed by atoms with Gasteiger partial charge in [0.05, 0.1) is 4.92 Å². The van der Waals surface area contributed by atoms with E-state index < -0.39 is 11.0 Å². The number of rotatable bonds is 3. The number of thioether (sulfide) groups is 1. The summed E-state index contributed by atoms with van der Waals surface area (Å²) in [5, 5.41) is 11.7. The highest BCUT2D eigenvalue weighted by molar-refractivity contribution is 8.13. The SMILES string of the molecule is CSC1=N[C@@H](c2cccc([N+](=O)[O-])c2)C(C(C)=O)=C(C)N1C. The van der Waals surface area contributed by atoms with Gasteiger partial charge in [0.15, 0.2) is 11.0 Å². The molecule has 1 atom stereocenters. The van der Waals surface area contributed by atoms with E-state index >= 15 is 0 Å². The third-order valence-corrected chi connectivity index (χ3v) is 4.40. The van der Waals surface area contributed by atoms with Gasteiger partial charge in [0.1, 0.15) is 6.04 Å². The zero-order valence-electron chi connectivity index (χ0n) is 12.9. The van der Waals surface area contributed by atoms with Gasteiger partial charge in [0.25, 0.3) is 5.69 Å². The standard InChI is InChI=1S/C15H17N3O3S/c1-9-13(10(2)19)14(16-15(22-4)17(9)3)11-6-5-7-12(8-11)18(20)21/h5-8,14H,1-4H3/t14-/m0/s1. The molecule has 1 aliphatic rings. The molecule has 1 heterocycles. The van der Waals surface area contributed by atoms with Crippen LogP contribution in [0.25, 0.3) is 0 Å². The molecule has 22 heavy (non-hydrogen) atoms. The van der Waals surface area contributed by atoms with E-state index in [1.165, 1.54) is 30.8 Å². The third-order valence-electron chi connectivity index (χ3n) is 3.65. The van der Waals surface area contributed by atoms with Crippen LogP contribution in [0.2, 0.25) is 0 Å². The average molecular weight is 319 g/mol. The molecule has 1 aliphatic heterocycles. The molecule has 116 valence electrons. The van der Waals surface area contributed by atoms with Crippen LogP contribution in [0, 0.1) is 10.1 Å². The Kier molecular flexibility index (Phi) is 4.65. The van der Waals surface area contributed by atoms with Crippen molar-refractivity contribution in [3.63, 3.8) is 0 Å². The second kappa shape index (κ2) is 6.31. The van der Waals surface area contributed by atoms with Gasteiger partial charge in [-0.3, -0.25) is 14.9 Å². The predicted molar refractivity (Wildman–Crippen MR) is 87.9 cm³/mol. The first-order valence-corrected chi connectivity index (χ1v) is 7.90. The molecule has 0 N–H and O–H groups in total. The Morgan fingerprint density at radius 1 is 1.45 bits per heavy atom. The van der Waals surface area contributed by atoms with Crippen molar-refractivity contribution in [3.05, 3.63) is 51.2 Å². The van der Waals surface area contributed by atoms with Crippen molar-refractivity contribution in [1.29, 1.82) is 0 Å². The maximum Gasteiger partial charge on any atom is 0.269 e. The summed E-state index contributed by atoms with van der Waals surface area (Å²) in [5.41, 5.74) is 2.04. The monoisotopic (exact) mass is 319 g/mol. The number of nitrogens with zero attached hydrogens (tertiary/aromatic N) is 3. The van der Waals surface area contributed by atoms with Crippen molar-refractivity contribution in [2.24, 2.45) is 4.99 Å². The number of nitro benzene ring substituents is 1. The van der Waals surface area contributed by atoms with E-state index in [4.69, 9.17) is 0 Å². The van der Waals surface area contributed by atoms with E-state index in [1.54, 1.807) is 12.1 Å². The molecule has 0 amide bonds. The van der Waals surface area contributed by atoms with Gasteiger partial charge in [-0.2, -0.15) is 0 Å². The van der Waals surface area contributed by atoms with Gasteiger partial charge in [-0.05, 0) is 25.7 Å². The maximum atomic E-state index is 12.1. The van der Waals surface area contributed by atoms with Gasteiger partial charge in [0.2, 0.25) is 0 Å². The summed E-state index contributed by atoms with van der Waals surface area (Å²) in [6.45, 7) is 3.36. The van der Waals surface area contributed by atoms with Gasteiger partial charge in [-0.15, -0.1) is 0 Å². The lowest BCUT2D eigenvalue weighted by Gasteiger charge is -2.31. The first kappa shape index (κ1) is 16.2. The van der Waals surface area contributed by atoms with Crippen LogP contribution in [0.1, 0.15) is 25.5 Å². The molecule has 0 aromatic heterocycles. The lowest BCUT2D eigenvalue weighted by Crippen LogP contribution is -2.31. The Morgan fingerprint density at radius 2 is 2.14 bits per heavy atom. The molecule has 1 aromatic carbocycles. The van der Waals surface area contributed by atoms with E-state index in [1.807, 2.05) is 25.1 Å². The number of ketones is 1. The Morgan fingerprint density at radius 3 is 2.68 bits per heavy atom. The van der Waals surface area contributed by atoms with E-state index in [-0.39, 0.29) is 11.5 Å². The number of amidine groups is 1. The molecule has 0 saturated carbocycles. The fourth-order valence-electron chi connectivity index (χ4n) is 2.47. The van der Waals surface area contributed by atoms with Crippen LogP contribution in [-0.2, 0) is 4.79 Å². The number of aliphatic imine (C=N–C) groups is 1. The van der Waals surface area contributed by atoms with E-state index in [2.05, 4.69) is 4.99 Å². The molecule has 0 aliphatic carbocycles. The van der Waals surface area contributed by atoms with Gasteiger partial charge in [-0.1, -0.05) is 23.9 Å². The molecule has 0 radical (unpaired) electrons. The number of benzene rings is 1. The number of carbonyl (C=O) groups excluding carboxylic acids is 1. The quantitative estimate of drug-likeness (QED) is 0.632. The molecule has 2 rings (SSSR count). The minimum atomic E-state index is -0.504. The summed E-state index contributed by atoms with van der Waals surface area (Å²) >= 11 is 1.48. The second-order valence-electron chi connectivity index (χ2n) is 4.98. The zero-order valence-corrected chi connectivity index (χ0v) is 13.7. The number of hydrogen-bond donors (Lipinski definition) is 0. The van der Waals surface area contributed by atoms with Gasteiger partial charge < -0.3 is 4.90 Å². The first-order chi connectivity index (χ1) is 10.4. The second-order valence-corrected chi connectivity index (χ2v) is 5.76. The summed E-state index contributed by atoms with van der Waals surface area (Å²) in [7, 11) is 1.86. The Bertz CT molecular complexity index is 697. The average Bonchev–Trinajstić information content (AvgIpc) is 2.49. The number of non-ortho nitro benzene ring substituents is 1. The molecule has 0 spiro atoms. The number of carbonyl (C=O) groups is 1. The highest BCUT2D eigenvalue weighted by Gasteiger charge is 2.30. The summed E-state index contributed by atoms with van der Waals surface area (Å²) in [4.78, 5) is 29.1. The molecule has 1 aromatic rings. The highest BCUT2D eigenvalue weighted by Crippen LogP contribution is 2.36. The Labute approximate surface area is 133 Å². The molecular formula is C15H17N3O3S. The Hall–Kier alpha value is -2.15. The zero-order chi connectivity index (χ0) is 16.4. The minimum absolute atomic E-state index is 0.00196. The van der Waals surface area contributed by atoms with Crippen molar-refractivity contribution >= 4 is 28.4 Å².